The number of thioether (sulfide) groups is 2. The van der Waals surface area contributed by atoms with E-state index in [4.69, 9.17) is 5.73 Å². The van der Waals surface area contributed by atoms with Crippen molar-refractivity contribution in [3.05, 3.63) is 11.3 Å². The Bertz CT molecular complexity index is 589. The van der Waals surface area contributed by atoms with Crippen LogP contribution in [0.25, 0.3) is 0 Å². The quantitative estimate of drug-likeness (QED) is 0.465. The fourth-order valence-corrected chi connectivity index (χ4v) is 4.22. The molecule has 0 aliphatic carbocycles. The molecule has 2 unspecified atom stereocenters. The zero-order valence-corrected chi connectivity index (χ0v) is 11.6. The second-order valence-corrected chi connectivity index (χ2v) is 6.22. The second kappa shape index (κ2) is 5.07. The van der Waals surface area contributed by atoms with E-state index in [1.807, 2.05) is 0 Å². The number of carboxylic acid groups (broad SMARTS) is 1. The second-order valence-electron chi connectivity index (χ2n) is 4.18. The lowest BCUT2D eigenvalue weighted by Crippen LogP contribution is -2.68. The number of aromatic amines is 1. The zero-order chi connectivity index (χ0) is 14.3. The number of hydrogen-bond acceptors (Lipinski definition) is 8. The third-order valence-electron chi connectivity index (χ3n) is 2.99. The van der Waals surface area contributed by atoms with Crippen molar-refractivity contribution in [3.8, 4) is 0 Å². The number of amides is 1. The average molecular weight is 314 g/mol. The molecule has 3 rings (SSSR count). The first-order valence-electron chi connectivity index (χ1n) is 5.61. The van der Waals surface area contributed by atoms with Gasteiger partial charge < -0.3 is 10.8 Å². The molecule has 2 atom stereocenters. The average Bonchev–Trinajstić information content (AvgIpc) is 2.96. The third-order valence-corrected chi connectivity index (χ3v) is 5.28. The van der Waals surface area contributed by atoms with E-state index in [1.165, 1.54) is 28.4 Å². The Kier molecular flexibility index (Phi) is 3.40. The Balaban J connectivity index is 1.82. The first-order chi connectivity index (χ1) is 9.59. The number of rotatable bonds is 4. The topological polar surface area (TPSA) is 138 Å². The Morgan fingerprint density at radius 3 is 3.10 bits per heavy atom. The molecule has 0 aromatic carbocycles. The van der Waals surface area contributed by atoms with E-state index < -0.39 is 12.0 Å². The maximum Gasteiger partial charge on any atom is 0.352 e. The molecule has 0 saturated carbocycles. The Morgan fingerprint density at radius 2 is 2.45 bits per heavy atom. The maximum absolute atomic E-state index is 11.7. The molecule has 3 heterocycles. The molecule has 9 nitrogen and oxygen atoms in total. The Hall–Kier alpha value is -1.59. The summed E-state index contributed by atoms with van der Waals surface area (Å²) >= 11 is 2.74. The van der Waals surface area contributed by atoms with Crippen LogP contribution < -0.4 is 5.73 Å². The number of carbonyl (C=O) groups is 2. The number of tetrazole rings is 1. The maximum atomic E-state index is 11.7. The van der Waals surface area contributed by atoms with Gasteiger partial charge in [0.1, 0.15) is 17.1 Å². The van der Waals surface area contributed by atoms with Crippen molar-refractivity contribution < 1.29 is 14.7 Å². The number of carboxylic acids is 1. The van der Waals surface area contributed by atoms with Crippen molar-refractivity contribution in [1.82, 2.24) is 25.5 Å². The van der Waals surface area contributed by atoms with Gasteiger partial charge in [0.15, 0.2) is 0 Å². The molecule has 1 amide bonds. The van der Waals surface area contributed by atoms with Crippen molar-refractivity contribution in [2.24, 2.45) is 5.73 Å². The fourth-order valence-electron chi connectivity index (χ4n) is 2.06. The predicted molar refractivity (Wildman–Crippen MR) is 70.6 cm³/mol. The first-order valence-corrected chi connectivity index (χ1v) is 7.65. The number of carbonyl (C=O) groups excluding carboxylic acids is 1. The molecule has 2 aliphatic heterocycles. The molecule has 106 valence electrons. The standard InChI is InChI=1S/C9H10N6O3S2/c10-4-6(16)15-5(8(17)18)3(1-19-7(4)15)2-20-9-11-13-14-12-9/h4,7H,1-2,10H2,(H,17,18)(H,11,12,13,14). The normalized spacial score (nSPS) is 25.4. The number of fused-ring (bicyclic) bond motifs is 1. The summed E-state index contributed by atoms with van der Waals surface area (Å²) in [6, 6.07) is -0.610. The van der Waals surface area contributed by atoms with Crippen molar-refractivity contribution in [2.45, 2.75) is 16.6 Å². The summed E-state index contributed by atoms with van der Waals surface area (Å²) < 4.78 is 0. The highest BCUT2D eigenvalue weighted by Crippen LogP contribution is 2.40. The summed E-state index contributed by atoms with van der Waals surface area (Å²) in [5.74, 6) is -0.546. The number of nitrogens with zero attached hydrogens (tertiary/aromatic N) is 4. The van der Waals surface area contributed by atoms with Crippen LogP contribution in [0.3, 0.4) is 0 Å². The molecule has 20 heavy (non-hydrogen) atoms. The van der Waals surface area contributed by atoms with Crippen LogP contribution in [-0.2, 0) is 9.59 Å². The Labute approximate surface area is 121 Å². The first kappa shape index (κ1) is 13.4. The van der Waals surface area contributed by atoms with Gasteiger partial charge in [-0.15, -0.1) is 22.0 Å². The molecule has 4 N–H and O–H groups in total. The van der Waals surface area contributed by atoms with Crippen molar-refractivity contribution in [3.63, 3.8) is 0 Å². The van der Waals surface area contributed by atoms with E-state index in [1.54, 1.807) is 0 Å². The van der Waals surface area contributed by atoms with E-state index in [0.29, 0.717) is 22.2 Å². The van der Waals surface area contributed by atoms with Crippen LogP contribution in [0.15, 0.2) is 16.4 Å². The number of aromatic nitrogens is 4. The monoisotopic (exact) mass is 314 g/mol. The van der Waals surface area contributed by atoms with E-state index in [9.17, 15) is 14.7 Å². The smallest absolute Gasteiger partial charge is 0.352 e. The lowest BCUT2D eigenvalue weighted by molar-refractivity contribution is -0.147. The molecule has 1 saturated heterocycles. The van der Waals surface area contributed by atoms with Gasteiger partial charge in [-0.25, -0.2) is 4.79 Å². The van der Waals surface area contributed by atoms with E-state index >= 15 is 0 Å². The van der Waals surface area contributed by atoms with Gasteiger partial charge >= 0.3 is 5.97 Å². The van der Waals surface area contributed by atoms with Gasteiger partial charge in [-0.3, -0.25) is 9.69 Å². The summed E-state index contributed by atoms with van der Waals surface area (Å²) in [4.78, 5) is 24.4. The molecule has 0 radical (unpaired) electrons. The van der Waals surface area contributed by atoms with Crippen LogP contribution in [-0.4, -0.2) is 65.4 Å². The van der Waals surface area contributed by atoms with Gasteiger partial charge in [0.05, 0.1) is 0 Å². The molecule has 1 aromatic rings. The van der Waals surface area contributed by atoms with Gasteiger partial charge in [0.25, 0.3) is 0 Å². The van der Waals surface area contributed by atoms with Crippen molar-refractivity contribution >= 4 is 35.4 Å². The fraction of sp³-hybridized carbons (Fsp3) is 0.444. The van der Waals surface area contributed by atoms with E-state index in [2.05, 4.69) is 20.6 Å². The minimum absolute atomic E-state index is 0.0384. The zero-order valence-electron chi connectivity index (χ0n) is 10.0. The number of nitrogens with two attached hydrogens (primary N) is 1. The summed E-state index contributed by atoms with van der Waals surface area (Å²) in [5, 5.41) is 22.8. The van der Waals surface area contributed by atoms with Crippen molar-refractivity contribution in [1.29, 1.82) is 0 Å². The van der Waals surface area contributed by atoms with Gasteiger partial charge in [-0.2, -0.15) is 5.21 Å². The van der Waals surface area contributed by atoms with Crippen LogP contribution in [0.5, 0.6) is 0 Å². The molecule has 1 fully saturated rings. The van der Waals surface area contributed by atoms with Gasteiger partial charge in [-0.05, 0) is 10.8 Å². The van der Waals surface area contributed by atoms with Crippen molar-refractivity contribution in [2.75, 3.05) is 11.5 Å². The minimum atomic E-state index is -1.11. The van der Waals surface area contributed by atoms with Crippen LogP contribution in [0.4, 0.5) is 0 Å². The molecular weight excluding hydrogens is 304 g/mol. The van der Waals surface area contributed by atoms with Crippen LogP contribution in [0, 0.1) is 0 Å². The number of aliphatic carboxylic acids is 1. The lowest BCUT2D eigenvalue weighted by atomic mass is 10.0. The largest absolute Gasteiger partial charge is 0.477 e. The highest BCUT2D eigenvalue weighted by atomic mass is 32.2. The molecule has 2 aliphatic rings. The van der Waals surface area contributed by atoms with Crippen LogP contribution >= 0.6 is 23.5 Å². The van der Waals surface area contributed by atoms with Crippen LogP contribution in [0.2, 0.25) is 0 Å². The highest BCUT2D eigenvalue weighted by Gasteiger charge is 2.51. The number of nitrogens with one attached hydrogen (secondary N) is 1. The van der Waals surface area contributed by atoms with Gasteiger partial charge in [-0.1, -0.05) is 11.8 Å². The molecule has 11 heteroatoms. The predicted octanol–water partition coefficient (Wildman–Crippen LogP) is -1.13. The molecular formula is C9H10N6O3S2. The van der Waals surface area contributed by atoms with Crippen LogP contribution in [0.1, 0.15) is 0 Å². The molecule has 1 aromatic heterocycles. The highest BCUT2D eigenvalue weighted by molar-refractivity contribution is 8.01. The molecule has 0 spiro atoms. The number of β-lactam (4-membered cyclic amide) rings is 1. The Morgan fingerprint density at radius 1 is 1.65 bits per heavy atom. The third kappa shape index (κ3) is 2.07. The lowest BCUT2D eigenvalue weighted by Gasteiger charge is -2.48. The van der Waals surface area contributed by atoms with Gasteiger partial charge in [0, 0.05) is 11.5 Å². The van der Waals surface area contributed by atoms with E-state index in [0.717, 1.165) is 0 Å². The molecule has 0 bridgehead atoms. The summed E-state index contributed by atoms with van der Waals surface area (Å²) in [7, 11) is 0. The van der Waals surface area contributed by atoms with Gasteiger partial charge in [0.2, 0.25) is 11.1 Å². The summed E-state index contributed by atoms with van der Waals surface area (Å²) in [5.41, 5.74) is 6.37. The van der Waals surface area contributed by atoms with E-state index in [-0.39, 0.29) is 17.0 Å². The number of hydrogen-bond donors (Lipinski definition) is 3. The SMILES string of the molecule is NC1C(=O)N2C(C(=O)O)=C(CSc3nn[nH]n3)CSC12. The number of H-pyrrole nitrogens is 1. The summed E-state index contributed by atoms with van der Waals surface area (Å²) in [6.45, 7) is 0. The minimum Gasteiger partial charge on any atom is -0.477 e. The summed E-state index contributed by atoms with van der Waals surface area (Å²) in [6.07, 6.45) is 0.